The van der Waals surface area contributed by atoms with Gasteiger partial charge in [0.05, 0.1) is 11.4 Å². The lowest BCUT2D eigenvalue weighted by Crippen LogP contribution is -2.12. The van der Waals surface area contributed by atoms with Crippen LogP contribution in [-0.4, -0.2) is 15.7 Å². The Morgan fingerprint density at radius 3 is 2.68 bits per heavy atom. The van der Waals surface area contributed by atoms with E-state index in [0.717, 1.165) is 27.8 Å². The van der Waals surface area contributed by atoms with Crippen molar-refractivity contribution in [2.24, 2.45) is 0 Å². The smallest absolute Gasteiger partial charge is 0.266 e. The Morgan fingerprint density at radius 1 is 1.03 bits per heavy atom. The zero-order valence-electron chi connectivity index (χ0n) is 18.5. The Morgan fingerprint density at radius 2 is 1.82 bits per heavy atom. The summed E-state index contributed by atoms with van der Waals surface area (Å²) in [7, 11) is 0. The number of halogens is 1. The first-order chi connectivity index (χ1) is 16.5. The molecule has 0 spiro atoms. The van der Waals surface area contributed by atoms with Crippen LogP contribution in [0.2, 0.25) is 0 Å². The maximum absolute atomic E-state index is 14.0. The number of nitrogens with one attached hydrogen (secondary N) is 1. The number of anilines is 1. The monoisotopic (exact) mass is 471 g/mol. The van der Waals surface area contributed by atoms with Gasteiger partial charge in [-0.3, -0.25) is 9.48 Å². The van der Waals surface area contributed by atoms with Gasteiger partial charge < -0.3 is 10.1 Å². The van der Waals surface area contributed by atoms with E-state index in [2.05, 4.69) is 22.5 Å². The zero-order valence-corrected chi connectivity index (χ0v) is 19.3. The first-order valence-corrected chi connectivity index (χ1v) is 11.7. The lowest BCUT2D eigenvalue weighted by molar-refractivity contribution is 0.103. The van der Waals surface area contributed by atoms with E-state index in [1.807, 2.05) is 48.7 Å². The highest BCUT2D eigenvalue weighted by Gasteiger charge is 2.14. The zero-order chi connectivity index (χ0) is 23.5. The number of hydrogen-bond donors (Lipinski definition) is 1. The van der Waals surface area contributed by atoms with E-state index in [0.29, 0.717) is 29.4 Å². The largest absolute Gasteiger partial charge is 0.489 e. The molecule has 0 atom stereocenters. The molecular weight excluding hydrogens is 449 g/mol. The van der Waals surface area contributed by atoms with E-state index < -0.39 is 0 Å². The molecule has 3 aromatic carbocycles. The summed E-state index contributed by atoms with van der Waals surface area (Å²) in [4.78, 5) is 13.3. The van der Waals surface area contributed by atoms with Crippen LogP contribution >= 0.6 is 11.3 Å². The predicted octanol–water partition coefficient (Wildman–Crippen LogP) is 6.42. The molecule has 2 aromatic heterocycles. The molecule has 0 aliphatic rings. The van der Waals surface area contributed by atoms with Crippen LogP contribution in [0.25, 0.3) is 10.8 Å². The molecule has 0 saturated heterocycles. The molecule has 5 rings (SSSR count). The molecule has 0 aliphatic carbocycles. The number of hydrogen-bond acceptors (Lipinski definition) is 4. The fourth-order valence-electron chi connectivity index (χ4n) is 3.69. The molecule has 0 bridgehead atoms. The van der Waals surface area contributed by atoms with Gasteiger partial charge in [-0.1, -0.05) is 48.5 Å². The van der Waals surface area contributed by atoms with Crippen molar-refractivity contribution in [3.05, 3.63) is 112 Å². The minimum Gasteiger partial charge on any atom is -0.489 e. The van der Waals surface area contributed by atoms with Crippen LogP contribution in [0.15, 0.2) is 84.2 Å². The van der Waals surface area contributed by atoms with Crippen molar-refractivity contribution in [2.45, 2.75) is 20.1 Å². The number of carbonyl (C=O) groups is 1. The van der Waals surface area contributed by atoms with Crippen LogP contribution in [0.1, 0.15) is 26.5 Å². The highest BCUT2D eigenvalue weighted by molar-refractivity contribution is 7.12. The summed E-state index contributed by atoms with van der Waals surface area (Å²) in [5.74, 6) is 0.700. The average molecular weight is 472 g/mol. The van der Waals surface area contributed by atoms with Crippen molar-refractivity contribution in [1.82, 2.24) is 9.78 Å². The van der Waals surface area contributed by atoms with Gasteiger partial charge in [-0.2, -0.15) is 5.10 Å². The Balaban J connectivity index is 1.21. The molecule has 0 aliphatic heterocycles. The number of aryl methyl sites for hydroxylation is 1. The van der Waals surface area contributed by atoms with Gasteiger partial charge in [-0.05, 0) is 47.3 Å². The Hall–Kier alpha value is -3.97. The van der Waals surface area contributed by atoms with Crippen molar-refractivity contribution in [2.75, 3.05) is 5.32 Å². The number of thiophene rings is 1. The quantitative estimate of drug-likeness (QED) is 0.298. The Kier molecular flexibility index (Phi) is 6.10. The number of rotatable bonds is 7. The van der Waals surface area contributed by atoms with Gasteiger partial charge in [0.2, 0.25) is 0 Å². The second-order valence-electron chi connectivity index (χ2n) is 7.99. The second-order valence-corrected chi connectivity index (χ2v) is 8.90. The van der Waals surface area contributed by atoms with Crippen LogP contribution in [0, 0.1) is 12.7 Å². The molecule has 170 valence electrons. The molecule has 0 saturated carbocycles. The Labute approximate surface area is 200 Å². The molecule has 2 heterocycles. The first kappa shape index (κ1) is 21.9. The third-order valence-corrected chi connectivity index (χ3v) is 6.48. The second kappa shape index (κ2) is 9.49. The molecular formula is C27H22FN3O2S. The number of carbonyl (C=O) groups excluding carboxylic acids is 1. The molecule has 1 amide bonds. The molecule has 5 aromatic rings. The minimum absolute atomic E-state index is 0.238. The number of aromatic nitrogens is 2. The highest BCUT2D eigenvalue weighted by Crippen LogP contribution is 2.23. The summed E-state index contributed by atoms with van der Waals surface area (Å²) in [6, 6.07) is 24.3. The van der Waals surface area contributed by atoms with Gasteiger partial charge in [0.1, 0.15) is 18.2 Å². The van der Waals surface area contributed by atoms with E-state index >= 15 is 0 Å². The standard InChI is InChI=1S/C27H22FN3O2S/c1-18-12-26(30-31(18)15-22-8-4-5-9-24(22)28)29-27(32)25-13-19(17-34-25)16-33-23-11-10-20-6-2-3-7-21(20)14-23/h2-14,17H,15-16H2,1H3,(H,29,30,32). The lowest BCUT2D eigenvalue weighted by Gasteiger charge is -2.06. The maximum Gasteiger partial charge on any atom is 0.266 e. The van der Waals surface area contributed by atoms with Crippen molar-refractivity contribution in [3.8, 4) is 5.75 Å². The van der Waals surface area contributed by atoms with Crippen LogP contribution in [0.3, 0.4) is 0 Å². The van der Waals surface area contributed by atoms with Crippen LogP contribution in [0.5, 0.6) is 5.75 Å². The fraction of sp³-hybridized carbons (Fsp3) is 0.111. The molecule has 0 fully saturated rings. The van der Waals surface area contributed by atoms with Crippen molar-refractivity contribution < 1.29 is 13.9 Å². The third-order valence-electron chi connectivity index (χ3n) is 5.50. The number of fused-ring (bicyclic) bond motifs is 1. The van der Waals surface area contributed by atoms with E-state index in [9.17, 15) is 9.18 Å². The number of benzene rings is 3. The molecule has 1 N–H and O–H groups in total. The first-order valence-electron chi connectivity index (χ1n) is 10.8. The Bertz CT molecular complexity index is 1470. The number of nitrogens with zero attached hydrogens (tertiary/aromatic N) is 2. The summed E-state index contributed by atoms with van der Waals surface area (Å²) >= 11 is 1.35. The van der Waals surface area contributed by atoms with E-state index in [4.69, 9.17) is 4.74 Å². The SMILES string of the molecule is Cc1cc(NC(=O)c2cc(COc3ccc4ccccc4c3)cs2)nn1Cc1ccccc1F. The molecule has 7 heteroatoms. The lowest BCUT2D eigenvalue weighted by atomic mass is 10.1. The number of ether oxygens (including phenoxy) is 1. The summed E-state index contributed by atoms with van der Waals surface area (Å²) in [5.41, 5.74) is 2.29. The number of amides is 1. The van der Waals surface area contributed by atoms with Gasteiger partial charge in [-0.15, -0.1) is 11.3 Å². The molecule has 5 nitrogen and oxygen atoms in total. The molecule has 0 radical (unpaired) electrons. The average Bonchev–Trinajstić information content (AvgIpc) is 3.45. The van der Waals surface area contributed by atoms with Crippen LogP contribution in [-0.2, 0) is 13.2 Å². The van der Waals surface area contributed by atoms with Crippen molar-refractivity contribution in [3.63, 3.8) is 0 Å². The van der Waals surface area contributed by atoms with E-state index in [1.165, 1.54) is 17.4 Å². The molecule has 0 unspecified atom stereocenters. The van der Waals surface area contributed by atoms with Gasteiger partial charge in [0.25, 0.3) is 5.91 Å². The highest BCUT2D eigenvalue weighted by atomic mass is 32.1. The summed E-state index contributed by atoms with van der Waals surface area (Å²) in [6.45, 7) is 2.54. The topological polar surface area (TPSA) is 56.1 Å². The summed E-state index contributed by atoms with van der Waals surface area (Å²) < 4.78 is 21.6. The summed E-state index contributed by atoms with van der Waals surface area (Å²) in [5, 5.41) is 11.4. The minimum atomic E-state index is -0.278. The van der Waals surface area contributed by atoms with Gasteiger partial charge in [-0.25, -0.2) is 4.39 Å². The predicted molar refractivity (Wildman–Crippen MR) is 133 cm³/mol. The van der Waals surface area contributed by atoms with Gasteiger partial charge in [0, 0.05) is 22.9 Å². The van der Waals surface area contributed by atoms with Crippen molar-refractivity contribution >= 4 is 33.8 Å². The third kappa shape index (κ3) is 4.84. The maximum atomic E-state index is 14.0. The normalized spacial score (nSPS) is 11.0. The van der Waals surface area contributed by atoms with Gasteiger partial charge >= 0.3 is 0 Å². The fourth-order valence-corrected chi connectivity index (χ4v) is 4.48. The van der Waals surface area contributed by atoms with Crippen molar-refractivity contribution in [1.29, 1.82) is 0 Å². The van der Waals surface area contributed by atoms with E-state index in [-0.39, 0.29) is 11.7 Å². The van der Waals surface area contributed by atoms with Crippen LogP contribution < -0.4 is 10.1 Å². The molecule has 34 heavy (non-hydrogen) atoms. The van der Waals surface area contributed by atoms with E-state index in [1.54, 1.807) is 28.9 Å². The van der Waals surface area contributed by atoms with Crippen LogP contribution in [0.4, 0.5) is 10.2 Å². The summed E-state index contributed by atoms with van der Waals surface area (Å²) in [6.07, 6.45) is 0. The van der Waals surface area contributed by atoms with Gasteiger partial charge in [0.15, 0.2) is 5.82 Å².